The first-order valence-corrected chi connectivity index (χ1v) is 11.4. The van der Waals surface area contributed by atoms with E-state index in [4.69, 9.17) is 16.3 Å². The van der Waals surface area contributed by atoms with Crippen molar-refractivity contribution in [2.75, 3.05) is 26.3 Å². The highest BCUT2D eigenvalue weighted by Crippen LogP contribution is 2.19. The molecular weight excluding hydrogens is 412 g/mol. The van der Waals surface area contributed by atoms with Gasteiger partial charge in [0.2, 0.25) is 15.9 Å². The average molecular weight is 437 g/mol. The molecule has 2 aromatic carbocycles. The summed E-state index contributed by atoms with van der Waals surface area (Å²) in [6, 6.07) is 14.0. The number of sulfonamides is 1. The molecule has 29 heavy (non-hydrogen) atoms. The molecule has 1 saturated heterocycles. The molecule has 1 amide bonds. The van der Waals surface area contributed by atoms with E-state index in [2.05, 4.69) is 5.32 Å². The quantitative estimate of drug-likeness (QED) is 0.723. The minimum atomic E-state index is -3.50. The zero-order chi connectivity index (χ0) is 20.9. The van der Waals surface area contributed by atoms with E-state index >= 15 is 0 Å². The van der Waals surface area contributed by atoms with Crippen LogP contribution in [0.25, 0.3) is 0 Å². The van der Waals surface area contributed by atoms with Gasteiger partial charge in [-0.1, -0.05) is 35.9 Å². The first-order valence-electron chi connectivity index (χ1n) is 9.58. The Balaban J connectivity index is 1.53. The minimum absolute atomic E-state index is 0.0579. The maximum atomic E-state index is 12.6. The van der Waals surface area contributed by atoms with E-state index in [-0.39, 0.29) is 16.8 Å². The standard InChI is InChI=1S/C21H25ClN2O4S/c1-16(18-5-7-19(22)8-6-18)23-21(25)11-4-17-2-9-20(10-3-17)29(26,27)24-12-14-28-15-13-24/h2-3,5-10,16H,4,11-15H2,1H3,(H,23,25)/t16-/m1/s1. The van der Waals surface area contributed by atoms with Crippen LogP contribution in [0.4, 0.5) is 0 Å². The highest BCUT2D eigenvalue weighted by Gasteiger charge is 2.26. The molecule has 1 fully saturated rings. The molecule has 3 rings (SSSR count). The van der Waals surface area contributed by atoms with Crippen molar-refractivity contribution >= 4 is 27.5 Å². The Morgan fingerprint density at radius 2 is 1.72 bits per heavy atom. The Labute approximate surface area is 176 Å². The van der Waals surface area contributed by atoms with Crippen LogP contribution in [0.15, 0.2) is 53.4 Å². The monoisotopic (exact) mass is 436 g/mol. The maximum absolute atomic E-state index is 12.6. The van der Waals surface area contributed by atoms with Gasteiger partial charge in [-0.25, -0.2) is 8.42 Å². The largest absolute Gasteiger partial charge is 0.379 e. The van der Waals surface area contributed by atoms with Gasteiger partial charge in [-0.15, -0.1) is 0 Å². The summed E-state index contributed by atoms with van der Waals surface area (Å²) < 4.78 is 31.9. The van der Waals surface area contributed by atoms with Crippen LogP contribution in [-0.4, -0.2) is 44.9 Å². The van der Waals surface area contributed by atoms with E-state index in [1.807, 2.05) is 19.1 Å². The Morgan fingerprint density at radius 3 is 2.34 bits per heavy atom. The number of nitrogens with one attached hydrogen (secondary N) is 1. The Morgan fingerprint density at radius 1 is 1.10 bits per heavy atom. The number of nitrogens with zero attached hydrogens (tertiary/aromatic N) is 1. The van der Waals surface area contributed by atoms with Crippen molar-refractivity contribution in [1.82, 2.24) is 9.62 Å². The van der Waals surface area contributed by atoms with Gasteiger partial charge in [0.05, 0.1) is 24.2 Å². The molecule has 1 atom stereocenters. The molecule has 1 heterocycles. The molecule has 1 aliphatic heterocycles. The fourth-order valence-electron chi connectivity index (χ4n) is 3.17. The van der Waals surface area contributed by atoms with Crippen molar-refractivity contribution in [2.24, 2.45) is 0 Å². The summed E-state index contributed by atoms with van der Waals surface area (Å²) in [6.07, 6.45) is 0.866. The van der Waals surface area contributed by atoms with Gasteiger partial charge in [0.1, 0.15) is 0 Å². The van der Waals surface area contributed by atoms with Gasteiger partial charge in [0.15, 0.2) is 0 Å². The summed E-state index contributed by atoms with van der Waals surface area (Å²) in [5, 5.41) is 3.63. The number of halogens is 1. The predicted octanol–water partition coefficient (Wildman–Crippen LogP) is 3.17. The zero-order valence-electron chi connectivity index (χ0n) is 16.3. The molecule has 156 valence electrons. The number of hydrogen-bond acceptors (Lipinski definition) is 4. The lowest BCUT2D eigenvalue weighted by Crippen LogP contribution is -2.40. The van der Waals surface area contributed by atoms with Crippen LogP contribution >= 0.6 is 11.6 Å². The minimum Gasteiger partial charge on any atom is -0.379 e. The summed E-state index contributed by atoms with van der Waals surface area (Å²) in [4.78, 5) is 12.5. The average Bonchev–Trinajstić information content (AvgIpc) is 2.73. The second-order valence-corrected chi connectivity index (χ2v) is 9.38. The molecule has 0 bridgehead atoms. The number of amides is 1. The van der Waals surface area contributed by atoms with E-state index in [1.165, 1.54) is 4.31 Å². The third kappa shape index (κ3) is 5.79. The molecule has 0 saturated carbocycles. The van der Waals surface area contributed by atoms with Crippen LogP contribution < -0.4 is 5.32 Å². The van der Waals surface area contributed by atoms with Gasteiger partial charge in [-0.05, 0) is 48.7 Å². The van der Waals surface area contributed by atoms with Crippen molar-refractivity contribution in [2.45, 2.75) is 30.7 Å². The van der Waals surface area contributed by atoms with Crippen molar-refractivity contribution in [1.29, 1.82) is 0 Å². The summed E-state index contributed by atoms with van der Waals surface area (Å²) in [6.45, 7) is 3.50. The van der Waals surface area contributed by atoms with Crippen molar-refractivity contribution < 1.29 is 17.9 Å². The number of benzene rings is 2. The number of carbonyl (C=O) groups is 1. The lowest BCUT2D eigenvalue weighted by molar-refractivity contribution is -0.121. The second-order valence-electron chi connectivity index (χ2n) is 7.00. The Kier molecular flexibility index (Phi) is 7.29. The highest BCUT2D eigenvalue weighted by molar-refractivity contribution is 7.89. The predicted molar refractivity (Wildman–Crippen MR) is 112 cm³/mol. The molecule has 0 radical (unpaired) electrons. The summed E-state index contributed by atoms with van der Waals surface area (Å²) in [5.41, 5.74) is 1.90. The number of hydrogen-bond donors (Lipinski definition) is 1. The number of rotatable bonds is 7. The molecule has 0 aromatic heterocycles. The molecule has 8 heteroatoms. The maximum Gasteiger partial charge on any atom is 0.243 e. The van der Waals surface area contributed by atoms with E-state index in [9.17, 15) is 13.2 Å². The van der Waals surface area contributed by atoms with Crippen molar-refractivity contribution in [3.63, 3.8) is 0 Å². The molecule has 1 aliphatic rings. The Hall–Kier alpha value is -1.93. The third-order valence-corrected chi connectivity index (χ3v) is 7.08. The van der Waals surface area contributed by atoms with Crippen molar-refractivity contribution in [3.05, 3.63) is 64.7 Å². The van der Waals surface area contributed by atoms with Gasteiger partial charge in [-0.3, -0.25) is 4.79 Å². The lowest BCUT2D eigenvalue weighted by Gasteiger charge is -2.26. The van der Waals surface area contributed by atoms with Crippen LogP contribution in [0.3, 0.4) is 0 Å². The van der Waals surface area contributed by atoms with Gasteiger partial charge in [0.25, 0.3) is 0 Å². The molecule has 0 aliphatic carbocycles. The molecule has 6 nitrogen and oxygen atoms in total. The van der Waals surface area contributed by atoms with E-state index in [0.29, 0.717) is 44.2 Å². The topological polar surface area (TPSA) is 75.7 Å². The summed E-state index contributed by atoms with van der Waals surface area (Å²) >= 11 is 5.89. The van der Waals surface area contributed by atoms with Gasteiger partial charge in [-0.2, -0.15) is 4.31 Å². The number of ether oxygens (including phenoxy) is 1. The SMILES string of the molecule is C[C@@H](NC(=O)CCc1ccc(S(=O)(=O)N2CCOCC2)cc1)c1ccc(Cl)cc1. The fraction of sp³-hybridized carbons (Fsp3) is 0.381. The third-order valence-electron chi connectivity index (χ3n) is 4.92. The summed E-state index contributed by atoms with van der Waals surface area (Å²) in [5.74, 6) is -0.0579. The molecule has 1 N–H and O–H groups in total. The first-order chi connectivity index (χ1) is 13.9. The molecule has 0 spiro atoms. The summed E-state index contributed by atoms with van der Waals surface area (Å²) in [7, 11) is -3.50. The first kappa shape index (κ1) is 21.8. The number of carbonyl (C=O) groups excluding carboxylic acids is 1. The van der Waals surface area contributed by atoms with Gasteiger partial charge in [0, 0.05) is 24.5 Å². The van der Waals surface area contributed by atoms with Crippen molar-refractivity contribution in [3.8, 4) is 0 Å². The number of morpholine rings is 1. The highest BCUT2D eigenvalue weighted by atomic mass is 35.5. The van der Waals surface area contributed by atoms with Crippen LogP contribution in [0.1, 0.15) is 30.5 Å². The van der Waals surface area contributed by atoms with E-state index in [0.717, 1.165) is 11.1 Å². The van der Waals surface area contributed by atoms with Crippen LogP contribution in [0, 0.1) is 0 Å². The smallest absolute Gasteiger partial charge is 0.243 e. The molecule has 0 unspecified atom stereocenters. The fourth-order valence-corrected chi connectivity index (χ4v) is 4.70. The van der Waals surface area contributed by atoms with Crippen LogP contribution in [0.5, 0.6) is 0 Å². The van der Waals surface area contributed by atoms with E-state index in [1.54, 1.807) is 36.4 Å². The van der Waals surface area contributed by atoms with E-state index < -0.39 is 10.0 Å². The molecule has 2 aromatic rings. The normalized spacial score (nSPS) is 16.3. The van der Waals surface area contributed by atoms with Gasteiger partial charge >= 0.3 is 0 Å². The Bertz CT molecular complexity index is 924. The second kappa shape index (κ2) is 9.71. The lowest BCUT2D eigenvalue weighted by atomic mass is 10.1. The molecular formula is C21H25ClN2O4S. The van der Waals surface area contributed by atoms with Gasteiger partial charge < -0.3 is 10.1 Å². The van der Waals surface area contributed by atoms with Crippen LogP contribution in [-0.2, 0) is 26.0 Å². The van der Waals surface area contributed by atoms with Crippen LogP contribution in [0.2, 0.25) is 5.02 Å². The zero-order valence-corrected chi connectivity index (χ0v) is 17.9. The number of aryl methyl sites for hydroxylation is 1.